The minimum Gasteiger partial charge on any atom is -0.376 e. The molecule has 0 bridgehead atoms. The van der Waals surface area contributed by atoms with E-state index in [1.54, 1.807) is 0 Å². The summed E-state index contributed by atoms with van der Waals surface area (Å²) in [5.74, 6) is 0. The van der Waals surface area contributed by atoms with E-state index in [0.29, 0.717) is 12.1 Å². The highest BCUT2D eigenvalue weighted by atomic mass is 79.9. The molecule has 1 fully saturated rings. The van der Waals surface area contributed by atoms with Gasteiger partial charge in [0.25, 0.3) is 0 Å². The van der Waals surface area contributed by atoms with Crippen molar-refractivity contribution in [2.45, 2.75) is 25.0 Å². The van der Waals surface area contributed by atoms with E-state index in [2.05, 4.69) is 39.4 Å². The Morgan fingerprint density at radius 3 is 2.87 bits per heavy atom. The van der Waals surface area contributed by atoms with Gasteiger partial charge in [-0.2, -0.15) is 0 Å². The van der Waals surface area contributed by atoms with Crippen LogP contribution in [0, 0.1) is 0 Å². The molecular formula is C12H16BrNO. The fraction of sp³-hybridized carbons (Fsp3) is 0.500. The summed E-state index contributed by atoms with van der Waals surface area (Å²) >= 11 is 3.59. The van der Waals surface area contributed by atoms with E-state index >= 15 is 0 Å². The fourth-order valence-electron chi connectivity index (χ4n) is 2.13. The van der Waals surface area contributed by atoms with E-state index < -0.39 is 0 Å². The lowest BCUT2D eigenvalue weighted by atomic mass is 10.00. The first-order valence-corrected chi connectivity index (χ1v) is 6.15. The van der Waals surface area contributed by atoms with E-state index in [4.69, 9.17) is 4.74 Å². The molecule has 82 valence electrons. The van der Waals surface area contributed by atoms with Crippen molar-refractivity contribution in [3.05, 3.63) is 34.3 Å². The van der Waals surface area contributed by atoms with E-state index in [1.165, 1.54) is 12.0 Å². The number of likely N-dealkylation sites (N-methyl/N-ethyl adjacent to an activating group) is 1. The lowest BCUT2D eigenvalue weighted by molar-refractivity contribution is 0.0806. The molecule has 1 heterocycles. The van der Waals surface area contributed by atoms with Gasteiger partial charge in [0, 0.05) is 11.1 Å². The molecule has 1 aromatic carbocycles. The van der Waals surface area contributed by atoms with Crippen LogP contribution in [0.2, 0.25) is 0 Å². The van der Waals surface area contributed by atoms with Gasteiger partial charge in [0.2, 0.25) is 0 Å². The number of nitrogens with one attached hydrogen (secondary N) is 1. The molecule has 15 heavy (non-hydrogen) atoms. The molecule has 2 unspecified atom stereocenters. The van der Waals surface area contributed by atoms with E-state index in [0.717, 1.165) is 17.5 Å². The Kier molecular flexibility index (Phi) is 3.78. The summed E-state index contributed by atoms with van der Waals surface area (Å²) in [7, 11) is 1.99. The largest absolute Gasteiger partial charge is 0.376 e. The summed E-state index contributed by atoms with van der Waals surface area (Å²) in [6, 6.07) is 8.62. The van der Waals surface area contributed by atoms with Crippen LogP contribution in [-0.4, -0.2) is 19.8 Å². The van der Waals surface area contributed by atoms with E-state index in [-0.39, 0.29) is 0 Å². The standard InChI is InChI=1S/C12H16BrNO/c1-14-12(11-7-4-8-15-11)9-5-2-3-6-10(9)13/h2-3,5-6,11-12,14H,4,7-8H2,1H3. The van der Waals surface area contributed by atoms with Gasteiger partial charge >= 0.3 is 0 Å². The molecule has 1 aliphatic rings. The predicted octanol–water partition coefficient (Wildman–Crippen LogP) is 2.89. The second-order valence-corrected chi connectivity index (χ2v) is 4.69. The van der Waals surface area contributed by atoms with Crippen LogP contribution in [0.4, 0.5) is 0 Å². The van der Waals surface area contributed by atoms with Gasteiger partial charge in [-0.25, -0.2) is 0 Å². The van der Waals surface area contributed by atoms with Gasteiger partial charge in [-0.3, -0.25) is 0 Å². The Labute approximate surface area is 99.1 Å². The molecule has 0 aromatic heterocycles. The van der Waals surface area contributed by atoms with E-state index in [9.17, 15) is 0 Å². The molecule has 0 saturated carbocycles. The molecule has 0 radical (unpaired) electrons. The van der Waals surface area contributed by atoms with Crippen LogP contribution < -0.4 is 5.32 Å². The third-order valence-electron chi connectivity index (χ3n) is 2.89. The van der Waals surface area contributed by atoms with Crippen molar-refractivity contribution < 1.29 is 4.74 Å². The summed E-state index contributed by atoms with van der Waals surface area (Å²) in [5.41, 5.74) is 1.28. The van der Waals surface area contributed by atoms with Gasteiger partial charge in [-0.1, -0.05) is 34.1 Å². The number of benzene rings is 1. The maximum Gasteiger partial charge on any atom is 0.0770 e. The molecule has 0 amide bonds. The van der Waals surface area contributed by atoms with Crippen molar-refractivity contribution >= 4 is 15.9 Å². The van der Waals surface area contributed by atoms with Crippen LogP contribution in [0.3, 0.4) is 0 Å². The second kappa shape index (κ2) is 5.10. The molecule has 1 aliphatic heterocycles. The zero-order valence-electron chi connectivity index (χ0n) is 8.87. The van der Waals surface area contributed by atoms with Gasteiger partial charge in [0.15, 0.2) is 0 Å². The molecule has 1 N–H and O–H groups in total. The number of ether oxygens (including phenoxy) is 1. The maximum atomic E-state index is 5.73. The monoisotopic (exact) mass is 269 g/mol. The third kappa shape index (κ3) is 2.41. The Morgan fingerprint density at radius 1 is 1.47 bits per heavy atom. The van der Waals surface area contributed by atoms with Crippen LogP contribution in [0.1, 0.15) is 24.4 Å². The Hall–Kier alpha value is -0.380. The number of hydrogen-bond acceptors (Lipinski definition) is 2. The van der Waals surface area contributed by atoms with Crippen LogP contribution in [0.25, 0.3) is 0 Å². The van der Waals surface area contributed by atoms with Crippen LogP contribution in [0.15, 0.2) is 28.7 Å². The first-order chi connectivity index (χ1) is 7.33. The van der Waals surface area contributed by atoms with Crippen molar-refractivity contribution in [3.8, 4) is 0 Å². The summed E-state index contributed by atoms with van der Waals surface area (Å²) < 4.78 is 6.88. The minimum absolute atomic E-state index is 0.295. The zero-order valence-corrected chi connectivity index (χ0v) is 10.5. The third-order valence-corrected chi connectivity index (χ3v) is 3.61. The van der Waals surface area contributed by atoms with Crippen LogP contribution >= 0.6 is 15.9 Å². The quantitative estimate of drug-likeness (QED) is 0.911. The number of halogens is 1. The fourth-order valence-corrected chi connectivity index (χ4v) is 2.67. The predicted molar refractivity (Wildman–Crippen MR) is 64.9 cm³/mol. The second-order valence-electron chi connectivity index (χ2n) is 3.84. The normalized spacial score (nSPS) is 22.9. The molecule has 2 rings (SSSR count). The average molecular weight is 270 g/mol. The number of rotatable bonds is 3. The maximum absolute atomic E-state index is 5.73. The highest BCUT2D eigenvalue weighted by Gasteiger charge is 2.26. The van der Waals surface area contributed by atoms with Crippen LogP contribution in [-0.2, 0) is 4.74 Å². The summed E-state index contributed by atoms with van der Waals surface area (Å²) in [4.78, 5) is 0. The van der Waals surface area contributed by atoms with Crippen LogP contribution in [0.5, 0.6) is 0 Å². The average Bonchev–Trinajstić information content (AvgIpc) is 2.75. The summed E-state index contributed by atoms with van der Waals surface area (Å²) in [6.07, 6.45) is 2.63. The smallest absolute Gasteiger partial charge is 0.0770 e. The molecule has 2 nitrogen and oxygen atoms in total. The molecule has 0 spiro atoms. The topological polar surface area (TPSA) is 21.3 Å². The zero-order chi connectivity index (χ0) is 10.7. The molecule has 2 atom stereocenters. The van der Waals surface area contributed by atoms with Gasteiger partial charge in [0.05, 0.1) is 12.1 Å². The summed E-state index contributed by atoms with van der Waals surface area (Å²) in [6.45, 7) is 0.896. The van der Waals surface area contributed by atoms with Crippen molar-refractivity contribution in [1.82, 2.24) is 5.32 Å². The van der Waals surface area contributed by atoms with Crippen molar-refractivity contribution in [3.63, 3.8) is 0 Å². The van der Waals surface area contributed by atoms with Gasteiger partial charge in [0.1, 0.15) is 0 Å². The van der Waals surface area contributed by atoms with E-state index in [1.807, 2.05) is 13.1 Å². The summed E-state index contributed by atoms with van der Waals surface area (Å²) in [5, 5.41) is 3.35. The lowest BCUT2D eigenvalue weighted by Gasteiger charge is -2.23. The SMILES string of the molecule is CNC(c1ccccc1Br)C1CCCO1. The Balaban J connectivity index is 2.22. The Morgan fingerprint density at radius 2 is 2.27 bits per heavy atom. The molecule has 0 aliphatic carbocycles. The molecule has 1 saturated heterocycles. The van der Waals surface area contributed by atoms with Gasteiger partial charge in [-0.15, -0.1) is 0 Å². The van der Waals surface area contributed by atoms with Crippen molar-refractivity contribution in [2.75, 3.05) is 13.7 Å². The van der Waals surface area contributed by atoms with Crippen molar-refractivity contribution in [1.29, 1.82) is 0 Å². The van der Waals surface area contributed by atoms with Gasteiger partial charge < -0.3 is 10.1 Å². The molecule has 1 aromatic rings. The van der Waals surface area contributed by atoms with Crippen molar-refractivity contribution in [2.24, 2.45) is 0 Å². The minimum atomic E-state index is 0.295. The lowest BCUT2D eigenvalue weighted by Crippen LogP contribution is -2.29. The first kappa shape index (κ1) is 11.1. The molecule has 3 heteroatoms. The first-order valence-electron chi connectivity index (χ1n) is 5.36. The van der Waals surface area contributed by atoms with Gasteiger partial charge in [-0.05, 0) is 31.5 Å². The highest BCUT2D eigenvalue weighted by molar-refractivity contribution is 9.10. The Bertz CT molecular complexity index is 323. The number of hydrogen-bond donors (Lipinski definition) is 1. The molecular weight excluding hydrogens is 254 g/mol. The highest BCUT2D eigenvalue weighted by Crippen LogP contribution is 2.30.